The molecule has 0 aliphatic carbocycles. The van der Waals surface area contributed by atoms with E-state index in [1.54, 1.807) is 18.2 Å². The lowest BCUT2D eigenvalue weighted by Gasteiger charge is -2.16. The second-order valence-corrected chi connectivity index (χ2v) is 8.83. The molecule has 3 rings (SSSR count). The zero-order valence-corrected chi connectivity index (χ0v) is 16.3. The minimum absolute atomic E-state index is 0.0963. The normalized spacial score (nSPS) is 15.3. The standard InChI is InChI=1S/C17H15BrClNO4S/c18-15-11-13(19)6-7-16(15)24-17(21)12-4-3-5-14(10-12)25(22,23)20-8-1-2-9-20/h3-7,10-11H,1-2,8-9H2. The molecule has 0 spiro atoms. The second-order valence-electron chi connectivity index (χ2n) is 5.60. The van der Waals surface area contributed by atoms with Gasteiger partial charge in [0.2, 0.25) is 10.0 Å². The molecule has 0 atom stereocenters. The quantitative estimate of drug-likeness (QED) is 0.526. The number of carbonyl (C=O) groups excluding carboxylic acids is 1. The number of sulfonamides is 1. The fourth-order valence-corrected chi connectivity index (χ4v) is 4.90. The third-order valence-corrected chi connectivity index (χ3v) is 6.62. The maximum absolute atomic E-state index is 12.6. The molecule has 0 N–H and O–H groups in total. The van der Waals surface area contributed by atoms with Crippen LogP contribution in [0.3, 0.4) is 0 Å². The molecular weight excluding hydrogens is 430 g/mol. The largest absolute Gasteiger partial charge is 0.422 e. The molecule has 25 heavy (non-hydrogen) atoms. The van der Waals surface area contributed by atoms with Crippen LogP contribution in [0.4, 0.5) is 0 Å². The number of benzene rings is 2. The summed E-state index contributed by atoms with van der Waals surface area (Å²) in [6.07, 6.45) is 1.71. The molecule has 0 radical (unpaired) electrons. The summed E-state index contributed by atoms with van der Waals surface area (Å²) in [5.41, 5.74) is 0.169. The molecule has 1 fully saturated rings. The Hall–Kier alpha value is -1.41. The summed E-state index contributed by atoms with van der Waals surface area (Å²) in [6.45, 7) is 1.02. The van der Waals surface area contributed by atoms with E-state index in [1.807, 2.05) is 0 Å². The fourth-order valence-electron chi connectivity index (χ4n) is 2.58. The molecule has 0 bridgehead atoms. The molecule has 2 aromatic carbocycles. The highest BCUT2D eigenvalue weighted by Crippen LogP contribution is 2.29. The summed E-state index contributed by atoms with van der Waals surface area (Å²) in [4.78, 5) is 12.5. The summed E-state index contributed by atoms with van der Waals surface area (Å²) in [6, 6.07) is 10.7. The van der Waals surface area contributed by atoms with Gasteiger partial charge in [0.05, 0.1) is 14.9 Å². The second kappa shape index (κ2) is 7.45. The first-order valence-electron chi connectivity index (χ1n) is 7.65. The highest BCUT2D eigenvalue weighted by Gasteiger charge is 2.27. The molecule has 1 saturated heterocycles. The molecule has 0 aromatic heterocycles. The Morgan fingerprint density at radius 2 is 1.84 bits per heavy atom. The first-order chi connectivity index (χ1) is 11.9. The van der Waals surface area contributed by atoms with E-state index < -0.39 is 16.0 Å². The highest BCUT2D eigenvalue weighted by atomic mass is 79.9. The van der Waals surface area contributed by atoms with E-state index in [-0.39, 0.29) is 10.5 Å². The minimum atomic E-state index is -3.58. The van der Waals surface area contributed by atoms with E-state index in [2.05, 4.69) is 15.9 Å². The molecule has 5 nitrogen and oxygen atoms in total. The number of hydrogen-bond acceptors (Lipinski definition) is 4. The lowest BCUT2D eigenvalue weighted by Crippen LogP contribution is -2.28. The number of halogens is 2. The number of carbonyl (C=O) groups is 1. The molecule has 0 unspecified atom stereocenters. The van der Waals surface area contributed by atoms with Gasteiger partial charge in [0.25, 0.3) is 0 Å². The first-order valence-corrected chi connectivity index (χ1v) is 10.3. The van der Waals surface area contributed by atoms with Gasteiger partial charge < -0.3 is 4.74 Å². The van der Waals surface area contributed by atoms with Gasteiger partial charge in [0.15, 0.2) is 0 Å². The monoisotopic (exact) mass is 443 g/mol. The minimum Gasteiger partial charge on any atom is -0.422 e. The Morgan fingerprint density at radius 3 is 2.52 bits per heavy atom. The maximum atomic E-state index is 12.6. The van der Waals surface area contributed by atoms with Crippen molar-refractivity contribution in [2.24, 2.45) is 0 Å². The zero-order valence-electron chi connectivity index (χ0n) is 13.1. The maximum Gasteiger partial charge on any atom is 0.343 e. The Bertz CT molecular complexity index is 911. The fraction of sp³-hybridized carbons (Fsp3) is 0.235. The molecule has 132 valence electrons. The number of rotatable bonds is 4. The summed E-state index contributed by atoms with van der Waals surface area (Å²) in [7, 11) is -3.58. The first kappa shape index (κ1) is 18.4. The van der Waals surface area contributed by atoms with Gasteiger partial charge in [-0.15, -0.1) is 0 Å². The van der Waals surface area contributed by atoms with Gasteiger partial charge >= 0.3 is 5.97 Å². The van der Waals surface area contributed by atoms with Crippen molar-refractivity contribution in [2.45, 2.75) is 17.7 Å². The van der Waals surface area contributed by atoms with Crippen molar-refractivity contribution in [3.05, 3.63) is 57.5 Å². The van der Waals surface area contributed by atoms with E-state index >= 15 is 0 Å². The predicted octanol–water partition coefficient (Wildman–Crippen LogP) is 4.11. The van der Waals surface area contributed by atoms with Crippen molar-refractivity contribution >= 4 is 43.5 Å². The van der Waals surface area contributed by atoms with Crippen LogP contribution in [0.2, 0.25) is 5.02 Å². The summed E-state index contributed by atoms with van der Waals surface area (Å²) in [5.74, 6) is -0.330. The van der Waals surface area contributed by atoms with E-state index in [0.29, 0.717) is 28.3 Å². The molecule has 0 saturated carbocycles. The van der Waals surface area contributed by atoms with Crippen LogP contribution in [0, 0.1) is 0 Å². The zero-order chi connectivity index (χ0) is 18.0. The van der Waals surface area contributed by atoms with Gasteiger partial charge in [-0.3, -0.25) is 0 Å². The van der Waals surface area contributed by atoms with E-state index in [9.17, 15) is 13.2 Å². The number of esters is 1. The molecule has 1 heterocycles. The Morgan fingerprint density at radius 1 is 1.12 bits per heavy atom. The highest BCUT2D eigenvalue weighted by molar-refractivity contribution is 9.10. The number of ether oxygens (including phenoxy) is 1. The smallest absolute Gasteiger partial charge is 0.343 e. The van der Waals surface area contributed by atoms with E-state index in [4.69, 9.17) is 16.3 Å². The van der Waals surface area contributed by atoms with Crippen LogP contribution in [-0.4, -0.2) is 31.8 Å². The molecule has 1 aliphatic heterocycles. The lowest BCUT2D eigenvalue weighted by molar-refractivity contribution is 0.0733. The van der Waals surface area contributed by atoms with Crippen LogP contribution in [0.15, 0.2) is 51.8 Å². The van der Waals surface area contributed by atoms with Crippen molar-refractivity contribution in [3.8, 4) is 5.75 Å². The summed E-state index contributed by atoms with van der Waals surface area (Å²) >= 11 is 9.14. The van der Waals surface area contributed by atoms with Gasteiger partial charge in [-0.2, -0.15) is 4.31 Å². The Labute approximate surface area is 159 Å². The van der Waals surface area contributed by atoms with Crippen LogP contribution < -0.4 is 4.74 Å². The van der Waals surface area contributed by atoms with Crippen LogP contribution in [0.25, 0.3) is 0 Å². The molecule has 1 aliphatic rings. The van der Waals surface area contributed by atoms with Crippen molar-refractivity contribution in [2.75, 3.05) is 13.1 Å². The average molecular weight is 445 g/mol. The van der Waals surface area contributed by atoms with Crippen molar-refractivity contribution in [1.29, 1.82) is 0 Å². The predicted molar refractivity (Wildman–Crippen MR) is 98.5 cm³/mol. The third-order valence-electron chi connectivity index (χ3n) is 3.87. The van der Waals surface area contributed by atoms with Gasteiger partial charge in [-0.05, 0) is 65.2 Å². The van der Waals surface area contributed by atoms with Gasteiger partial charge in [0.1, 0.15) is 5.75 Å². The van der Waals surface area contributed by atoms with E-state index in [1.165, 1.54) is 28.6 Å². The Balaban J connectivity index is 1.84. The van der Waals surface area contributed by atoms with Crippen molar-refractivity contribution < 1.29 is 17.9 Å². The van der Waals surface area contributed by atoms with Crippen molar-refractivity contribution in [3.63, 3.8) is 0 Å². The lowest BCUT2D eigenvalue weighted by atomic mass is 10.2. The molecular formula is C17H15BrClNO4S. The SMILES string of the molecule is O=C(Oc1ccc(Cl)cc1Br)c1cccc(S(=O)(=O)N2CCCC2)c1. The molecule has 0 amide bonds. The van der Waals surface area contributed by atoms with E-state index in [0.717, 1.165) is 12.8 Å². The topological polar surface area (TPSA) is 63.7 Å². The van der Waals surface area contributed by atoms with Gasteiger partial charge in [0, 0.05) is 18.1 Å². The summed E-state index contributed by atoms with van der Waals surface area (Å²) < 4.78 is 32.5. The number of nitrogens with zero attached hydrogens (tertiary/aromatic N) is 1. The molecule has 2 aromatic rings. The average Bonchev–Trinajstić information content (AvgIpc) is 3.13. The van der Waals surface area contributed by atoms with Gasteiger partial charge in [-0.25, -0.2) is 13.2 Å². The third kappa shape index (κ3) is 4.06. The summed E-state index contributed by atoms with van der Waals surface area (Å²) in [5, 5.41) is 0.505. The van der Waals surface area contributed by atoms with Crippen LogP contribution >= 0.6 is 27.5 Å². The van der Waals surface area contributed by atoms with Crippen molar-refractivity contribution in [1.82, 2.24) is 4.31 Å². The van der Waals surface area contributed by atoms with Gasteiger partial charge in [-0.1, -0.05) is 17.7 Å². The number of hydrogen-bond donors (Lipinski definition) is 0. The van der Waals surface area contributed by atoms with Crippen LogP contribution in [0.5, 0.6) is 5.75 Å². The van der Waals surface area contributed by atoms with Crippen LogP contribution in [0.1, 0.15) is 23.2 Å². The van der Waals surface area contributed by atoms with Crippen LogP contribution in [-0.2, 0) is 10.0 Å². The Kier molecular flexibility index (Phi) is 5.48. The molecule has 8 heteroatoms.